The molecule has 0 unspecified atom stereocenters. The van der Waals surface area contributed by atoms with Crippen LogP contribution in [0.5, 0.6) is 0 Å². The summed E-state index contributed by atoms with van der Waals surface area (Å²) in [4.78, 5) is 0. The van der Waals surface area contributed by atoms with Crippen molar-refractivity contribution in [3.63, 3.8) is 0 Å². The van der Waals surface area contributed by atoms with Gasteiger partial charge < -0.3 is 5.21 Å². The van der Waals surface area contributed by atoms with Gasteiger partial charge in [-0.15, -0.1) is 0 Å². The third kappa shape index (κ3) is 1.73. The molecule has 1 radical (unpaired) electrons. The van der Waals surface area contributed by atoms with Crippen molar-refractivity contribution >= 4 is 6.21 Å². The molecule has 0 saturated heterocycles. The first kappa shape index (κ1) is 7.65. The van der Waals surface area contributed by atoms with Gasteiger partial charge in [-0.1, -0.05) is 5.16 Å². The molecule has 1 aromatic carbocycles. The molecule has 0 atom stereocenters. The Bertz CT molecular complexity index is 286. The second-order valence-corrected chi connectivity index (χ2v) is 1.82. The van der Waals surface area contributed by atoms with Crippen molar-refractivity contribution in [1.29, 1.82) is 0 Å². The van der Waals surface area contributed by atoms with Crippen molar-refractivity contribution < 1.29 is 14.0 Å². The molecule has 0 amide bonds. The van der Waals surface area contributed by atoms with E-state index < -0.39 is 11.6 Å². The molecular weight excluding hydrogens is 152 g/mol. The largest absolute Gasteiger partial charge is 0.411 e. The standard InChI is InChI=1S/C7H4F2NO/c8-6-2-1-5(4-10-11)3-7(6)9/h1-2,4,11H/b10-4-. The van der Waals surface area contributed by atoms with Gasteiger partial charge in [0.25, 0.3) is 0 Å². The Kier molecular flexibility index (Phi) is 2.15. The van der Waals surface area contributed by atoms with E-state index in [1.54, 1.807) is 0 Å². The minimum Gasteiger partial charge on any atom is -0.411 e. The highest BCUT2D eigenvalue weighted by Crippen LogP contribution is 2.05. The quantitative estimate of drug-likeness (QED) is 0.373. The fourth-order valence-corrected chi connectivity index (χ4v) is 0.602. The topological polar surface area (TPSA) is 32.6 Å². The Morgan fingerprint density at radius 2 is 2.18 bits per heavy atom. The van der Waals surface area contributed by atoms with Gasteiger partial charge in [-0.05, 0) is 12.1 Å². The summed E-state index contributed by atoms with van der Waals surface area (Å²) >= 11 is 0. The van der Waals surface area contributed by atoms with Crippen LogP contribution in [0, 0.1) is 17.7 Å². The van der Waals surface area contributed by atoms with E-state index in [-0.39, 0.29) is 5.56 Å². The summed E-state index contributed by atoms with van der Waals surface area (Å²) in [6, 6.07) is 4.21. The van der Waals surface area contributed by atoms with E-state index in [1.807, 2.05) is 6.07 Å². The molecule has 0 aliphatic rings. The number of rotatable bonds is 1. The van der Waals surface area contributed by atoms with Crippen LogP contribution in [0.25, 0.3) is 0 Å². The fourth-order valence-electron chi connectivity index (χ4n) is 0.602. The van der Waals surface area contributed by atoms with Crippen molar-refractivity contribution in [3.8, 4) is 0 Å². The molecule has 1 N–H and O–H groups in total. The molecule has 0 spiro atoms. The maximum atomic E-state index is 12.3. The molecule has 1 aromatic rings. The third-order valence-corrected chi connectivity index (χ3v) is 1.07. The Balaban J connectivity index is 3.05. The molecule has 57 valence electrons. The zero-order chi connectivity index (χ0) is 8.27. The van der Waals surface area contributed by atoms with Crippen LogP contribution in [0.2, 0.25) is 0 Å². The SMILES string of the molecule is O/N=C\c1[c]c(F)c(F)cc1. The van der Waals surface area contributed by atoms with Gasteiger partial charge in [0.1, 0.15) is 0 Å². The molecule has 0 aromatic heterocycles. The second kappa shape index (κ2) is 3.09. The van der Waals surface area contributed by atoms with E-state index in [0.717, 1.165) is 12.3 Å². The van der Waals surface area contributed by atoms with E-state index >= 15 is 0 Å². The van der Waals surface area contributed by atoms with Crippen LogP contribution in [0.3, 0.4) is 0 Å². The van der Waals surface area contributed by atoms with E-state index in [9.17, 15) is 8.78 Å². The summed E-state index contributed by atoms with van der Waals surface area (Å²) in [5.41, 5.74) is 0.186. The van der Waals surface area contributed by atoms with Gasteiger partial charge in [-0.25, -0.2) is 8.78 Å². The highest BCUT2D eigenvalue weighted by Gasteiger charge is 2.00. The second-order valence-electron chi connectivity index (χ2n) is 1.82. The van der Waals surface area contributed by atoms with Crippen LogP contribution in [0.4, 0.5) is 8.78 Å². The predicted molar refractivity (Wildman–Crippen MR) is 34.6 cm³/mol. The summed E-state index contributed by atoms with van der Waals surface area (Å²) < 4.78 is 24.6. The van der Waals surface area contributed by atoms with Crippen molar-refractivity contribution in [2.24, 2.45) is 5.16 Å². The van der Waals surface area contributed by atoms with Gasteiger partial charge in [0, 0.05) is 11.6 Å². The molecule has 0 aliphatic carbocycles. The Morgan fingerprint density at radius 3 is 2.73 bits per heavy atom. The number of oxime groups is 1. The van der Waals surface area contributed by atoms with Gasteiger partial charge >= 0.3 is 0 Å². The minimum atomic E-state index is -1.08. The average Bonchev–Trinajstić information content (AvgIpc) is 1.98. The third-order valence-electron chi connectivity index (χ3n) is 1.07. The molecular formula is C7H4F2NO. The van der Waals surface area contributed by atoms with E-state index in [2.05, 4.69) is 5.16 Å². The van der Waals surface area contributed by atoms with Crippen LogP contribution in [0.15, 0.2) is 17.3 Å². The molecule has 4 heteroatoms. The lowest BCUT2D eigenvalue weighted by Gasteiger charge is -1.91. The number of nitrogens with zero attached hydrogens (tertiary/aromatic N) is 1. The summed E-state index contributed by atoms with van der Waals surface area (Å²) in [7, 11) is 0. The number of benzene rings is 1. The number of hydrogen-bond acceptors (Lipinski definition) is 2. The fraction of sp³-hybridized carbons (Fsp3) is 0. The molecule has 11 heavy (non-hydrogen) atoms. The van der Waals surface area contributed by atoms with E-state index in [1.165, 1.54) is 6.07 Å². The first-order chi connectivity index (χ1) is 5.24. The lowest BCUT2D eigenvalue weighted by Crippen LogP contribution is -1.88. The minimum absolute atomic E-state index is 0.186. The van der Waals surface area contributed by atoms with Crippen LogP contribution in [-0.2, 0) is 0 Å². The highest BCUT2D eigenvalue weighted by atomic mass is 19.2. The first-order valence-corrected chi connectivity index (χ1v) is 2.79. The summed E-state index contributed by atoms with van der Waals surface area (Å²) in [5.74, 6) is -2.05. The maximum Gasteiger partial charge on any atom is 0.167 e. The van der Waals surface area contributed by atoms with Crippen molar-refractivity contribution in [2.45, 2.75) is 0 Å². The van der Waals surface area contributed by atoms with Crippen molar-refractivity contribution in [2.75, 3.05) is 0 Å². The van der Waals surface area contributed by atoms with Crippen LogP contribution in [0.1, 0.15) is 5.56 Å². The number of hydrogen-bond donors (Lipinski definition) is 1. The molecule has 0 bridgehead atoms. The predicted octanol–water partition coefficient (Wildman–Crippen LogP) is 1.57. The lowest BCUT2D eigenvalue weighted by molar-refractivity contribution is 0.322. The number of halogens is 2. The smallest absolute Gasteiger partial charge is 0.167 e. The van der Waals surface area contributed by atoms with Crippen LogP contribution >= 0.6 is 0 Å². The van der Waals surface area contributed by atoms with Gasteiger partial charge in [0.15, 0.2) is 11.6 Å². The van der Waals surface area contributed by atoms with Gasteiger partial charge in [-0.3, -0.25) is 0 Å². The average molecular weight is 156 g/mol. The highest BCUT2D eigenvalue weighted by molar-refractivity contribution is 5.78. The van der Waals surface area contributed by atoms with E-state index in [4.69, 9.17) is 5.21 Å². The van der Waals surface area contributed by atoms with Crippen LogP contribution < -0.4 is 0 Å². The Hall–Kier alpha value is -1.45. The Labute approximate surface area is 61.8 Å². The summed E-state index contributed by atoms with van der Waals surface area (Å²) in [5, 5.41) is 10.6. The first-order valence-electron chi connectivity index (χ1n) is 2.79. The lowest BCUT2D eigenvalue weighted by atomic mass is 10.2. The van der Waals surface area contributed by atoms with Gasteiger partial charge in [-0.2, -0.15) is 0 Å². The molecule has 0 saturated carbocycles. The zero-order valence-corrected chi connectivity index (χ0v) is 5.38. The molecule has 0 fully saturated rings. The maximum absolute atomic E-state index is 12.3. The molecule has 1 rings (SSSR count). The summed E-state index contributed by atoms with van der Waals surface area (Å²) in [6.45, 7) is 0. The monoisotopic (exact) mass is 156 g/mol. The van der Waals surface area contributed by atoms with E-state index in [0.29, 0.717) is 0 Å². The van der Waals surface area contributed by atoms with Crippen molar-refractivity contribution in [3.05, 3.63) is 35.4 Å². The normalized spacial score (nSPS) is 10.7. The van der Waals surface area contributed by atoms with Gasteiger partial charge in [0.2, 0.25) is 0 Å². The molecule has 2 nitrogen and oxygen atoms in total. The van der Waals surface area contributed by atoms with Gasteiger partial charge in [0.05, 0.1) is 6.21 Å². The van der Waals surface area contributed by atoms with Crippen LogP contribution in [-0.4, -0.2) is 11.4 Å². The zero-order valence-electron chi connectivity index (χ0n) is 5.38. The van der Waals surface area contributed by atoms with Crippen molar-refractivity contribution in [1.82, 2.24) is 0 Å². The Morgan fingerprint density at radius 1 is 1.45 bits per heavy atom. The summed E-state index contributed by atoms with van der Waals surface area (Å²) in [6.07, 6.45) is 0.961. The molecule has 0 aliphatic heterocycles. The molecule has 0 heterocycles.